The van der Waals surface area contributed by atoms with E-state index in [4.69, 9.17) is 5.11 Å². The Labute approximate surface area is 197 Å². The second kappa shape index (κ2) is 11.3. The fourth-order valence-corrected chi connectivity index (χ4v) is 4.12. The fourth-order valence-electron chi connectivity index (χ4n) is 4.12. The monoisotopic (exact) mass is 474 g/mol. The Balaban J connectivity index is 0.00000129. The average Bonchev–Trinajstić information content (AvgIpc) is 2.73. The van der Waals surface area contributed by atoms with Gasteiger partial charge in [-0.2, -0.15) is 5.26 Å². The maximum atomic E-state index is 15.2. The second-order valence-electron chi connectivity index (χ2n) is 8.73. The summed E-state index contributed by atoms with van der Waals surface area (Å²) in [4.78, 5) is 12.5. The molecule has 0 fully saturated rings. The molecule has 182 valence electrons. The van der Waals surface area contributed by atoms with Crippen LogP contribution in [0.15, 0.2) is 36.4 Å². The number of carbonyl (C=O) groups is 1. The Morgan fingerprint density at radius 1 is 1.32 bits per heavy atom. The summed E-state index contributed by atoms with van der Waals surface area (Å²) >= 11 is 0. The molecule has 0 amide bonds. The van der Waals surface area contributed by atoms with Gasteiger partial charge < -0.3 is 5.11 Å². The van der Waals surface area contributed by atoms with E-state index in [1.165, 1.54) is 13.8 Å². The molecule has 34 heavy (non-hydrogen) atoms. The summed E-state index contributed by atoms with van der Waals surface area (Å²) in [7, 11) is 1.65. The smallest absolute Gasteiger partial charge is 0.328 e. The van der Waals surface area contributed by atoms with E-state index in [0.29, 0.717) is 17.5 Å². The highest BCUT2D eigenvalue weighted by Gasteiger charge is 2.39. The topological polar surface area (TPSA) is 102 Å². The molecular weight excluding hydrogens is 445 g/mol. The van der Waals surface area contributed by atoms with E-state index < -0.39 is 29.3 Å². The minimum absolute atomic E-state index is 0.0438. The summed E-state index contributed by atoms with van der Waals surface area (Å²) in [6.07, 6.45) is 2.42. The van der Waals surface area contributed by atoms with Crippen molar-refractivity contribution in [1.82, 2.24) is 10.3 Å². The van der Waals surface area contributed by atoms with Crippen molar-refractivity contribution in [3.05, 3.63) is 75.9 Å². The number of nitriles is 1. The largest absolute Gasteiger partial charge is 0.478 e. The van der Waals surface area contributed by atoms with Crippen LogP contribution < -0.4 is 11.3 Å². The van der Waals surface area contributed by atoms with Gasteiger partial charge in [-0.05, 0) is 81.3 Å². The molecule has 2 aromatic rings. The molecule has 2 aromatic carbocycles. The van der Waals surface area contributed by atoms with Gasteiger partial charge >= 0.3 is 5.97 Å². The summed E-state index contributed by atoms with van der Waals surface area (Å²) in [5.74, 6) is 1.67. The first kappa shape index (κ1) is 27.1. The third kappa shape index (κ3) is 6.67. The van der Waals surface area contributed by atoms with Crippen molar-refractivity contribution in [1.29, 1.82) is 5.26 Å². The Morgan fingerprint density at radius 3 is 2.41 bits per heavy atom. The Hall–Kier alpha value is -3.19. The molecule has 6 nitrogen and oxygen atoms in total. The first-order valence-corrected chi connectivity index (χ1v) is 10.7. The van der Waals surface area contributed by atoms with Gasteiger partial charge in [0.1, 0.15) is 17.3 Å². The number of hydrogen-bond donors (Lipinski definition) is 3. The quantitative estimate of drug-likeness (QED) is 0.343. The summed E-state index contributed by atoms with van der Waals surface area (Å²) in [5.41, 5.74) is 2.34. The molecule has 0 aliphatic carbocycles. The molecule has 1 heterocycles. The average molecular weight is 475 g/mol. The predicted molar refractivity (Wildman–Crippen MR) is 124 cm³/mol. The van der Waals surface area contributed by atoms with Gasteiger partial charge in [-0.15, -0.1) is 0 Å². The van der Waals surface area contributed by atoms with Crippen molar-refractivity contribution in [2.75, 3.05) is 13.6 Å². The molecule has 4 N–H and O–H groups in total. The maximum absolute atomic E-state index is 15.2. The van der Waals surface area contributed by atoms with Gasteiger partial charge in [0.15, 0.2) is 0 Å². The number of alkyl halides is 1. The maximum Gasteiger partial charge on any atom is 0.328 e. The van der Waals surface area contributed by atoms with Crippen LogP contribution in [0.3, 0.4) is 0 Å². The van der Waals surface area contributed by atoms with Crippen molar-refractivity contribution in [2.24, 2.45) is 5.84 Å². The number of nitrogens with one attached hydrogen (secondary N) is 1. The highest BCUT2D eigenvalue weighted by Crippen LogP contribution is 2.41. The number of carboxylic acid groups (broad SMARTS) is 1. The van der Waals surface area contributed by atoms with Gasteiger partial charge in [0.05, 0.1) is 17.7 Å². The fraction of sp³-hybridized carbons (Fsp3) is 0.360. The van der Waals surface area contributed by atoms with Gasteiger partial charge in [0, 0.05) is 24.2 Å². The lowest BCUT2D eigenvalue weighted by Crippen LogP contribution is -2.48. The van der Waals surface area contributed by atoms with E-state index >= 15 is 8.78 Å². The highest BCUT2D eigenvalue weighted by atomic mass is 19.1. The zero-order valence-corrected chi connectivity index (χ0v) is 19.6. The Bertz CT molecular complexity index is 1080. The molecule has 0 aromatic heterocycles. The normalized spacial score (nSPS) is 18.1. The molecule has 1 aliphatic heterocycles. The number of benzene rings is 2. The van der Waals surface area contributed by atoms with Crippen LogP contribution in [-0.2, 0) is 11.2 Å². The number of nitrogens with two attached hydrogens (primary N) is 1. The van der Waals surface area contributed by atoms with Gasteiger partial charge in [-0.1, -0.05) is 6.07 Å². The van der Waals surface area contributed by atoms with Gasteiger partial charge in [-0.25, -0.2) is 18.0 Å². The van der Waals surface area contributed by atoms with Gasteiger partial charge in [0.2, 0.25) is 0 Å². The summed E-state index contributed by atoms with van der Waals surface area (Å²) in [5, 5.41) is 18.0. The molecule has 0 saturated carbocycles. The number of rotatable bonds is 5. The number of aliphatic carboxylic acids is 1. The lowest BCUT2D eigenvalue weighted by atomic mass is 9.83. The van der Waals surface area contributed by atoms with Crippen LogP contribution in [0, 0.1) is 23.0 Å². The summed E-state index contributed by atoms with van der Waals surface area (Å²) in [6.45, 7) is 4.65. The number of nitrogens with zero attached hydrogens (tertiary/aromatic N) is 2. The molecule has 3 rings (SSSR count). The molecule has 2 unspecified atom stereocenters. The van der Waals surface area contributed by atoms with E-state index in [0.717, 1.165) is 29.8 Å². The molecule has 2 atom stereocenters. The zero-order valence-electron chi connectivity index (χ0n) is 19.6. The molecule has 1 aliphatic rings. The van der Waals surface area contributed by atoms with E-state index in [1.54, 1.807) is 30.1 Å². The minimum atomic E-state index is -1.60. The second-order valence-corrected chi connectivity index (χ2v) is 8.73. The van der Waals surface area contributed by atoms with E-state index in [9.17, 15) is 14.4 Å². The molecular formula is C25H29F3N4O2. The summed E-state index contributed by atoms with van der Waals surface area (Å²) in [6, 6.07) is 8.04. The van der Waals surface area contributed by atoms with Crippen LogP contribution in [0.5, 0.6) is 0 Å². The standard InChI is InChI=1S/C24H23F3N2O2.CH6N2/c1-14-8-17-9-16(12-28)4-6-18(17)23(29(14)13-24(2,3)27)22-19(25)10-15(11-20(22)26)5-7-21(30)31;1-3-2/h4-7,9-11,14,23H,8,13H2,1-3H3,(H,30,31);3H,2H2,1H3/b7-5+;. The van der Waals surface area contributed by atoms with Crippen molar-refractivity contribution in [3.8, 4) is 6.07 Å². The summed E-state index contributed by atoms with van der Waals surface area (Å²) < 4.78 is 45.0. The number of hydrogen-bond acceptors (Lipinski definition) is 5. The van der Waals surface area contributed by atoms with Crippen LogP contribution >= 0.6 is 0 Å². The third-order valence-electron chi connectivity index (χ3n) is 5.33. The Morgan fingerprint density at radius 2 is 1.91 bits per heavy atom. The molecule has 0 saturated heterocycles. The first-order valence-electron chi connectivity index (χ1n) is 10.7. The van der Waals surface area contributed by atoms with Gasteiger partial charge in [0.25, 0.3) is 0 Å². The van der Waals surface area contributed by atoms with Crippen LogP contribution in [0.25, 0.3) is 6.08 Å². The van der Waals surface area contributed by atoms with E-state index in [-0.39, 0.29) is 23.7 Å². The molecule has 0 bridgehead atoms. The van der Waals surface area contributed by atoms with E-state index in [2.05, 4.69) is 17.3 Å². The predicted octanol–water partition coefficient (Wildman–Crippen LogP) is 4.10. The van der Waals surface area contributed by atoms with Crippen molar-refractivity contribution in [2.45, 2.75) is 44.9 Å². The number of hydrazine groups is 1. The van der Waals surface area contributed by atoms with Crippen molar-refractivity contribution in [3.63, 3.8) is 0 Å². The van der Waals surface area contributed by atoms with Crippen molar-refractivity contribution >= 4 is 12.0 Å². The highest BCUT2D eigenvalue weighted by molar-refractivity contribution is 5.85. The van der Waals surface area contributed by atoms with E-state index in [1.807, 2.05) is 6.92 Å². The van der Waals surface area contributed by atoms with Crippen molar-refractivity contribution < 1.29 is 23.1 Å². The number of fused-ring (bicyclic) bond motifs is 1. The van der Waals surface area contributed by atoms with Crippen LogP contribution in [0.1, 0.15) is 54.6 Å². The molecule has 0 radical (unpaired) electrons. The third-order valence-corrected chi connectivity index (χ3v) is 5.33. The SMILES string of the molecule is CC1Cc2cc(C#N)ccc2C(c2c(F)cc(/C=C/C(=O)O)cc2F)N1CC(C)(C)F.CNN. The molecule has 0 spiro atoms. The minimum Gasteiger partial charge on any atom is -0.478 e. The van der Waals surface area contributed by atoms with Crippen LogP contribution in [0.2, 0.25) is 0 Å². The molecule has 9 heteroatoms. The number of halogens is 3. The lowest BCUT2D eigenvalue weighted by molar-refractivity contribution is -0.131. The van der Waals surface area contributed by atoms with Crippen LogP contribution in [-0.4, -0.2) is 41.3 Å². The van der Waals surface area contributed by atoms with Gasteiger partial charge in [-0.3, -0.25) is 16.2 Å². The Kier molecular flexibility index (Phi) is 8.99. The number of carboxylic acids is 1. The first-order chi connectivity index (χ1) is 15.9. The zero-order chi connectivity index (χ0) is 25.6. The van der Waals surface area contributed by atoms with Crippen LogP contribution in [0.4, 0.5) is 13.2 Å². The lowest BCUT2D eigenvalue weighted by Gasteiger charge is -2.44.